The van der Waals surface area contributed by atoms with E-state index in [0.717, 1.165) is 40.2 Å². The highest BCUT2D eigenvalue weighted by molar-refractivity contribution is 7.99. The van der Waals surface area contributed by atoms with E-state index in [4.69, 9.17) is 16.7 Å². The molecule has 0 amide bonds. The van der Waals surface area contributed by atoms with E-state index in [2.05, 4.69) is 26.4 Å². The highest BCUT2D eigenvalue weighted by Gasteiger charge is 2.39. The number of hydrogen-bond acceptors (Lipinski definition) is 7. The lowest BCUT2D eigenvalue weighted by Gasteiger charge is -2.36. The molecule has 0 spiro atoms. The van der Waals surface area contributed by atoms with Crippen LogP contribution in [0.4, 0.5) is 0 Å². The Balaban J connectivity index is 1.65. The molecule has 1 saturated carbocycles. The molecule has 8 nitrogen and oxygen atoms in total. The quantitative estimate of drug-likeness (QED) is 0.552. The lowest BCUT2D eigenvalue weighted by atomic mass is 9.65. The van der Waals surface area contributed by atoms with E-state index in [1.54, 1.807) is 23.1 Å². The smallest absolute Gasteiger partial charge is 0.369 e. The second kappa shape index (κ2) is 8.51. The van der Waals surface area contributed by atoms with Crippen molar-refractivity contribution in [2.24, 2.45) is 5.14 Å². The SMILES string of the molecule is N#CC1(c2cc(Cn3cncn3)cc(Sc3ccc(OS(N)(=O)=O)c(Cl)c3)c2)CCC1. The van der Waals surface area contributed by atoms with Crippen LogP contribution in [-0.2, 0) is 22.3 Å². The van der Waals surface area contributed by atoms with Gasteiger partial charge in [-0.2, -0.15) is 23.9 Å². The van der Waals surface area contributed by atoms with Crippen LogP contribution in [0.15, 0.2) is 58.8 Å². The van der Waals surface area contributed by atoms with Crippen LogP contribution < -0.4 is 9.32 Å². The summed E-state index contributed by atoms with van der Waals surface area (Å²) in [5.41, 5.74) is 1.53. The molecule has 1 heterocycles. The van der Waals surface area contributed by atoms with Crippen molar-refractivity contribution in [2.75, 3.05) is 0 Å². The molecule has 11 heteroatoms. The molecular formula is C20H18ClN5O3S2. The van der Waals surface area contributed by atoms with E-state index in [-0.39, 0.29) is 10.8 Å². The molecule has 0 atom stereocenters. The molecule has 0 bridgehead atoms. The van der Waals surface area contributed by atoms with Gasteiger partial charge in [0, 0.05) is 9.79 Å². The zero-order valence-corrected chi connectivity index (χ0v) is 18.6. The highest BCUT2D eigenvalue weighted by Crippen LogP contribution is 2.45. The van der Waals surface area contributed by atoms with E-state index in [1.165, 1.54) is 24.2 Å². The van der Waals surface area contributed by atoms with Gasteiger partial charge in [0.2, 0.25) is 0 Å². The van der Waals surface area contributed by atoms with E-state index in [9.17, 15) is 13.7 Å². The van der Waals surface area contributed by atoms with Gasteiger partial charge < -0.3 is 4.18 Å². The summed E-state index contributed by atoms with van der Waals surface area (Å²) < 4.78 is 28.7. The first-order chi connectivity index (χ1) is 14.8. The van der Waals surface area contributed by atoms with Gasteiger partial charge in [-0.25, -0.2) is 9.67 Å². The van der Waals surface area contributed by atoms with Crippen molar-refractivity contribution in [3.63, 3.8) is 0 Å². The van der Waals surface area contributed by atoms with Crippen molar-refractivity contribution in [3.8, 4) is 11.8 Å². The first-order valence-corrected chi connectivity index (χ1v) is 12.0. The molecule has 0 aliphatic heterocycles. The van der Waals surface area contributed by atoms with Gasteiger partial charge in [-0.3, -0.25) is 0 Å². The minimum Gasteiger partial charge on any atom is -0.369 e. The van der Waals surface area contributed by atoms with Crippen molar-refractivity contribution in [3.05, 3.63) is 65.2 Å². The summed E-state index contributed by atoms with van der Waals surface area (Å²) in [7, 11) is -4.16. The highest BCUT2D eigenvalue weighted by atomic mass is 35.5. The van der Waals surface area contributed by atoms with Gasteiger partial charge in [0.15, 0.2) is 5.75 Å². The van der Waals surface area contributed by atoms with Crippen LogP contribution in [0.3, 0.4) is 0 Å². The molecular weight excluding hydrogens is 458 g/mol. The van der Waals surface area contributed by atoms with Crippen LogP contribution in [0.1, 0.15) is 30.4 Å². The summed E-state index contributed by atoms with van der Waals surface area (Å²) in [4.78, 5) is 5.71. The minimum absolute atomic E-state index is 0.0351. The van der Waals surface area contributed by atoms with Crippen LogP contribution in [0.2, 0.25) is 5.02 Å². The first-order valence-electron chi connectivity index (χ1n) is 9.34. The van der Waals surface area contributed by atoms with Gasteiger partial charge in [0.25, 0.3) is 0 Å². The Hall–Kier alpha value is -2.58. The van der Waals surface area contributed by atoms with E-state index < -0.39 is 15.7 Å². The van der Waals surface area contributed by atoms with E-state index in [1.807, 2.05) is 12.1 Å². The number of benzene rings is 2. The Labute approximate surface area is 189 Å². The van der Waals surface area contributed by atoms with Crippen LogP contribution >= 0.6 is 23.4 Å². The third-order valence-corrected chi connectivity index (χ3v) is 6.76. The summed E-state index contributed by atoms with van der Waals surface area (Å²) >= 11 is 7.62. The van der Waals surface area contributed by atoms with Gasteiger partial charge in [0.05, 0.1) is 23.1 Å². The largest absolute Gasteiger partial charge is 0.380 e. The topological polar surface area (TPSA) is 124 Å². The predicted octanol–water partition coefficient (Wildman–Crippen LogP) is 3.66. The Morgan fingerprint density at radius 2 is 2.06 bits per heavy atom. The maximum atomic E-state index is 11.1. The minimum atomic E-state index is -4.16. The number of nitriles is 1. The summed E-state index contributed by atoms with van der Waals surface area (Å²) in [5, 5.41) is 19.0. The fourth-order valence-corrected chi connectivity index (χ4v) is 5.16. The van der Waals surface area contributed by atoms with Gasteiger partial charge in [0.1, 0.15) is 12.7 Å². The zero-order valence-electron chi connectivity index (χ0n) is 16.2. The maximum absolute atomic E-state index is 11.1. The molecule has 0 saturated heterocycles. The van der Waals surface area contributed by atoms with Gasteiger partial charge in [-0.15, -0.1) is 0 Å². The van der Waals surface area contributed by atoms with E-state index in [0.29, 0.717) is 6.54 Å². The zero-order chi connectivity index (χ0) is 22.1. The second-order valence-corrected chi connectivity index (χ2v) is 9.98. The standard InChI is InChI=1S/C20H18ClN5O3S2/c21-18-9-16(2-3-19(18)29-31(23,27)28)30-17-7-14(10-26-13-24-12-25-26)6-15(8-17)20(11-22)4-1-5-20/h2-3,6-9,12-13H,1,4-5,10H2,(H2,23,27,28). The number of nitrogens with two attached hydrogens (primary N) is 1. The number of nitrogens with zero attached hydrogens (tertiary/aromatic N) is 4. The number of halogens is 1. The number of hydrogen-bond donors (Lipinski definition) is 1. The Morgan fingerprint density at radius 1 is 1.26 bits per heavy atom. The number of rotatable bonds is 7. The van der Waals surface area contributed by atoms with Gasteiger partial charge in [-0.05, 0) is 60.7 Å². The number of aromatic nitrogens is 3. The van der Waals surface area contributed by atoms with Crippen molar-refractivity contribution in [1.82, 2.24) is 14.8 Å². The monoisotopic (exact) mass is 475 g/mol. The van der Waals surface area contributed by atoms with Crippen LogP contribution in [0.25, 0.3) is 0 Å². The third-order valence-electron chi connectivity index (χ3n) is 5.10. The molecule has 2 N–H and O–H groups in total. The molecule has 1 aromatic heterocycles. The summed E-state index contributed by atoms with van der Waals surface area (Å²) in [5.74, 6) is -0.0351. The first kappa shape index (κ1) is 21.6. The van der Waals surface area contributed by atoms with Crippen molar-refractivity contribution in [1.29, 1.82) is 5.26 Å². The second-order valence-electron chi connectivity index (χ2n) is 7.28. The molecule has 160 valence electrons. The Kier molecular flexibility index (Phi) is 5.94. The third kappa shape index (κ3) is 5.02. The van der Waals surface area contributed by atoms with Crippen molar-refractivity contribution >= 4 is 33.7 Å². The average Bonchev–Trinajstić information content (AvgIpc) is 3.15. The lowest BCUT2D eigenvalue weighted by Crippen LogP contribution is -2.32. The molecule has 31 heavy (non-hydrogen) atoms. The molecule has 0 unspecified atom stereocenters. The van der Waals surface area contributed by atoms with Crippen LogP contribution in [0.5, 0.6) is 5.75 Å². The molecule has 2 aromatic carbocycles. The molecule has 3 aromatic rings. The van der Waals surface area contributed by atoms with Crippen molar-refractivity contribution in [2.45, 2.75) is 41.0 Å². The molecule has 1 aliphatic carbocycles. The lowest BCUT2D eigenvalue weighted by molar-refractivity contribution is 0.323. The molecule has 0 radical (unpaired) electrons. The normalized spacial score (nSPS) is 15.1. The van der Waals surface area contributed by atoms with Crippen molar-refractivity contribution < 1.29 is 12.6 Å². The average molecular weight is 476 g/mol. The maximum Gasteiger partial charge on any atom is 0.380 e. The van der Waals surface area contributed by atoms with Crippen LogP contribution in [0, 0.1) is 11.3 Å². The molecule has 1 aliphatic rings. The fraction of sp³-hybridized carbons (Fsp3) is 0.250. The Morgan fingerprint density at radius 3 is 2.65 bits per heavy atom. The van der Waals surface area contributed by atoms with Crippen LogP contribution in [-0.4, -0.2) is 23.2 Å². The van der Waals surface area contributed by atoms with Gasteiger partial charge in [-0.1, -0.05) is 29.4 Å². The summed E-state index contributed by atoms with van der Waals surface area (Å²) in [6.07, 6.45) is 5.84. The molecule has 1 fully saturated rings. The summed E-state index contributed by atoms with van der Waals surface area (Å²) in [6.45, 7) is 0.533. The fourth-order valence-electron chi connectivity index (χ4n) is 3.46. The predicted molar refractivity (Wildman–Crippen MR) is 116 cm³/mol. The van der Waals surface area contributed by atoms with E-state index >= 15 is 0 Å². The van der Waals surface area contributed by atoms with Gasteiger partial charge >= 0.3 is 10.3 Å². The summed E-state index contributed by atoms with van der Waals surface area (Å²) in [6, 6.07) is 13.4. The molecule has 4 rings (SSSR count). The Bertz CT molecular complexity index is 1250.